The molecule has 126 valence electrons. The summed E-state index contributed by atoms with van der Waals surface area (Å²) in [5.41, 5.74) is 4.53. The molecule has 1 aliphatic rings. The van der Waals surface area contributed by atoms with E-state index in [4.69, 9.17) is 10.8 Å². The van der Waals surface area contributed by atoms with E-state index in [2.05, 4.69) is 10.1 Å². The first kappa shape index (κ1) is 18.6. The highest BCUT2D eigenvalue weighted by Gasteiger charge is 2.42. The van der Waals surface area contributed by atoms with E-state index in [0.29, 0.717) is 6.41 Å². The monoisotopic (exact) mass is 324 g/mol. The van der Waals surface area contributed by atoms with Gasteiger partial charge in [0, 0.05) is 0 Å². The number of rotatable bonds is 9. The Labute approximate surface area is 133 Å². The lowest BCUT2D eigenvalue weighted by molar-refractivity contribution is -0.146. The molecular weight excluding hydrogens is 304 g/mol. The summed E-state index contributed by atoms with van der Waals surface area (Å²) in [5, 5.41) is 11.1. The zero-order valence-electron chi connectivity index (χ0n) is 12.7. The highest BCUT2D eigenvalue weighted by Crippen LogP contribution is 2.35. The number of ketones is 1. The third kappa shape index (κ3) is 4.75. The summed E-state index contributed by atoms with van der Waals surface area (Å²) in [6.45, 7) is 0. The van der Waals surface area contributed by atoms with Crippen molar-refractivity contribution in [3.05, 3.63) is 24.3 Å². The molecule has 23 heavy (non-hydrogen) atoms. The van der Waals surface area contributed by atoms with Crippen molar-refractivity contribution in [3.8, 4) is 0 Å². The number of nitrogens with two attached hydrogens (primary N) is 1. The molecule has 0 bridgehead atoms. The molecule has 0 aromatic carbocycles. The number of Topliss-reactive ketones (excluding diaryl/α,β-unsaturated/α-hetero) is 1. The van der Waals surface area contributed by atoms with Gasteiger partial charge in [-0.1, -0.05) is 24.3 Å². The molecule has 0 radical (unpaired) electrons. The zero-order valence-corrected chi connectivity index (χ0v) is 12.7. The quantitative estimate of drug-likeness (QED) is 0.385. The van der Waals surface area contributed by atoms with Gasteiger partial charge in [0.1, 0.15) is 6.04 Å². The SMILES string of the molecule is COC(=O)[C@H](CC1(C(=O)[C@@H](N)CC(=O)O)C=CC=CC1)NC=O. The van der Waals surface area contributed by atoms with Crippen LogP contribution in [0, 0.1) is 5.41 Å². The summed E-state index contributed by atoms with van der Waals surface area (Å²) in [6, 6.07) is -2.24. The second kappa shape index (κ2) is 8.23. The fourth-order valence-electron chi connectivity index (χ4n) is 2.55. The molecule has 8 nitrogen and oxygen atoms in total. The molecule has 0 saturated carbocycles. The third-order valence-corrected chi connectivity index (χ3v) is 3.69. The van der Waals surface area contributed by atoms with Crippen molar-refractivity contribution >= 4 is 24.1 Å². The van der Waals surface area contributed by atoms with Crippen LogP contribution >= 0.6 is 0 Å². The van der Waals surface area contributed by atoms with Gasteiger partial charge in [-0.15, -0.1) is 0 Å². The van der Waals surface area contributed by atoms with E-state index >= 15 is 0 Å². The van der Waals surface area contributed by atoms with Crippen LogP contribution < -0.4 is 11.1 Å². The number of allylic oxidation sites excluding steroid dienone is 4. The number of carboxylic acid groups (broad SMARTS) is 1. The van der Waals surface area contributed by atoms with Gasteiger partial charge < -0.3 is 20.9 Å². The average molecular weight is 324 g/mol. The molecule has 0 saturated heterocycles. The number of nitrogens with one attached hydrogen (secondary N) is 1. The number of aliphatic carboxylic acids is 1. The molecule has 0 fully saturated rings. The molecule has 1 unspecified atom stereocenters. The summed E-state index contributed by atoms with van der Waals surface area (Å²) in [5.74, 6) is -2.38. The van der Waals surface area contributed by atoms with Crippen LogP contribution in [0.5, 0.6) is 0 Å². The summed E-state index contributed by atoms with van der Waals surface area (Å²) in [6.07, 6.45) is 6.69. The molecule has 0 aromatic heterocycles. The van der Waals surface area contributed by atoms with Gasteiger partial charge in [0.15, 0.2) is 5.78 Å². The Balaban J connectivity index is 3.06. The predicted molar refractivity (Wildman–Crippen MR) is 80.2 cm³/mol. The maximum atomic E-state index is 12.7. The van der Waals surface area contributed by atoms with Crippen LogP contribution in [0.15, 0.2) is 24.3 Å². The predicted octanol–water partition coefficient (Wildman–Crippen LogP) is -0.462. The first-order chi connectivity index (χ1) is 10.9. The fraction of sp³-hybridized carbons (Fsp3) is 0.467. The first-order valence-electron chi connectivity index (χ1n) is 7.00. The van der Waals surface area contributed by atoms with E-state index in [1.54, 1.807) is 24.3 Å². The minimum Gasteiger partial charge on any atom is -0.481 e. The zero-order chi connectivity index (χ0) is 17.5. The van der Waals surface area contributed by atoms with Gasteiger partial charge in [-0.25, -0.2) is 4.79 Å². The van der Waals surface area contributed by atoms with Crippen LogP contribution in [0.1, 0.15) is 19.3 Å². The van der Waals surface area contributed by atoms with Crippen molar-refractivity contribution in [1.82, 2.24) is 5.32 Å². The number of carboxylic acids is 1. The summed E-state index contributed by atoms with van der Waals surface area (Å²) in [4.78, 5) is 45.9. The van der Waals surface area contributed by atoms with E-state index in [1.165, 1.54) is 7.11 Å². The lowest BCUT2D eigenvalue weighted by Crippen LogP contribution is -2.49. The molecular formula is C15H20N2O6. The normalized spacial score (nSPS) is 22.0. The fourth-order valence-corrected chi connectivity index (χ4v) is 2.55. The number of carbonyl (C=O) groups excluding carboxylic acids is 3. The Hall–Kier alpha value is -2.48. The van der Waals surface area contributed by atoms with Crippen molar-refractivity contribution in [2.45, 2.75) is 31.3 Å². The lowest BCUT2D eigenvalue weighted by atomic mass is 9.70. The highest BCUT2D eigenvalue weighted by atomic mass is 16.5. The Morgan fingerprint density at radius 3 is 2.61 bits per heavy atom. The summed E-state index contributed by atoms with van der Waals surface area (Å²) >= 11 is 0. The second-order valence-electron chi connectivity index (χ2n) is 5.28. The number of ether oxygens (including phenoxy) is 1. The topological polar surface area (TPSA) is 136 Å². The van der Waals surface area contributed by atoms with Gasteiger partial charge in [-0.3, -0.25) is 14.4 Å². The number of esters is 1. The van der Waals surface area contributed by atoms with Crippen LogP contribution in [0.3, 0.4) is 0 Å². The highest BCUT2D eigenvalue weighted by molar-refractivity contribution is 5.95. The molecule has 8 heteroatoms. The van der Waals surface area contributed by atoms with Crippen molar-refractivity contribution in [2.24, 2.45) is 11.1 Å². The summed E-state index contributed by atoms with van der Waals surface area (Å²) < 4.78 is 4.62. The molecule has 1 amide bonds. The molecule has 0 aliphatic heterocycles. The molecule has 0 aromatic rings. The van der Waals surface area contributed by atoms with Crippen LogP contribution in [-0.2, 0) is 23.9 Å². The molecule has 4 N–H and O–H groups in total. The standard InChI is InChI=1S/C15H20N2O6/c1-23-14(22)11(17-9-18)8-15(5-3-2-4-6-15)13(21)10(16)7-12(19)20/h2-5,9-11H,6-8,16H2,1H3,(H,17,18)(H,19,20)/t10-,11-,15?/m0/s1. The minimum atomic E-state index is -1.21. The minimum absolute atomic E-state index is 0.0641. The largest absolute Gasteiger partial charge is 0.481 e. The Bertz CT molecular complexity index is 542. The number of hydrogen-bond donors (Lipinski definition) is 3. The van der Waals surface area contributed by atoms with Crippen molar-refractivity contribution < 1.29 is 29.0 Å². The average Bonchev–Trinajstić information content (AvgIpc) is 2.53. The number of amides is 1. The van der Waals surface area contributed by atoms with Gasteiger partial charge in [0.25, 0.3) is 0 Å². The third-order valence-electron chi connectivity index (χ3n) is 3.69. The van der Waals surface area contributed by atoms with Crippen LogP contribution in [0.25, 0.3) is 0 Å². The maximum Gasteiger partial charge on any atom is 0.328 e. The van der Waals surface area contributed by atoms with E-state index < -0.39 is 41.6 Å². The molecule has 1 aliphatic carbocycles. The molecule has 0 spiro atoms. The van der Waals surface area contributed by atoms with Gasteiger partial charge in [0.2, 0.25) is 6.41 Å². The van der Waals surface area contributed by atoms with Crippen molar-refractivity contribution in [2.75, 3.05) is 7.11 Å². The van der Waals surface area contributed by atoms with Gasteiger partial charge in [-0.2, -0.15) is 0 Å². The van der Waals surface area contributed by atoms with Gasteiger partial charge in [0.05, 0.1) is 25.0 Å². The second-order valence-corrected chi connectivity index (χ2v) is 5.28. The summed E-state index contributed by atoms with van der Waals surface area (Å²) in [7, 11) is 1.17. The number of carbonyl (C=O) groups is 4. The molecule has 1 rings (SSSR count). The lowest BCUT2D eigenvalue weighted by Gasteiger charge is -2.34. The van der Waals surface area contributed by atoms with Gasteiger partial charge in [-0.05, 0) is 12.8 Å². The number of hydrogen-bond acceptors (Lipinski definition) is 6. The Morgan fingerprint density at radius 2 is 2.13 bits per heavy atom. The Morgan fingerprint density at radius 1 is 1.43 bits per heavy atom. The van der Waals surface area contributed by atoms with Crippen LogP contribution in [0.4, 0.5) is 0 Å². The maximum absolute atomic E-state index is 12.7. The van der Waals surface area contributed by atoms with E-state index in [1.807, 2.05) is 0 Å². The van der Waals surface area contributed by atoms with E-state index in [0.717, 1.165) is 0 Å². The Kier molecular flexibility index (Phi) is 6.65. The van der Waals surface area contributed by atoms with Gasteiger partial charge >= 0.3 is 11.9 Å². The molecule has 3 atom stereocenters. The van der Waals surface area contributed by atoms with Crippen molar-refractivity contribution in [3.63, 3.8) is 0 Å². The van der Waals surface area contributed by atoms with Crippen molar-refractivity contribution in [1.29, 1.82) is 0 Å². The van der Waals surface area contributed by atoms with Crippen LogP contribution in [-0.4, -0.2) is 48.4 Å². The van der Waals surface area contributed by atoms with Crippen LogP contribution in [0.2, 0.25) is 0 Å². The number of methoxy groups -OCH3 is 1. The first-order valence-corrected chi connectivity index (χ1v) is 7.00. The van der Waals surface area contributed by atoms with E-state index in [-0.39, 0.29) is 12.8 Å². The smallest absolute Gasteiger partial charge is 0.328 e. The molecule has 0 heterocycles. The van der Waals surface area contributed by atoms with E-state index in [9.17, 15) is 19.2 Å².